The molecule has 29 heavy (non-hydrogen) atoms. The summed E-state index contributed by atoms with van der Waals surface area (Å²) in [5.41, 5.74) is 3.62. The number of hydrogen-bond donors (Lipinski definition) is 1. The number of carbonyl (C=O) groups is 1. The van der Waals surface area contributed by atoms with E-state index in [4.69, 9.17) is 20.0 Å². The minimum Gasteiger partial charge on any atom is -0.481 e. The Labute approximate surface area is 181 Å². The highest BCUT2D eigenvalue weighted by molar-refractivity contribution is 7.99. The lowest BCUT2D eigenvalue weighted by atomic mass is 9.93. The van der Waals surface area contributed by atoms with Gasteiger partial charge in [-0.1, -0.05) is 35.5 Å². The van der Waals surface area contributed by atoms with Crippen LogP contribution in [0.4, 0.5) is 0 Å². The van der Waals surface area contributed by atoms with Crippen molar-refractivity contribution in [3.63, 3.8) is 0 Å². The van der Waals surface area contributed by atoms with Crippen molar-refractivity contribution in [2.45, 2.75) is 48.4 Å². The minimum absolute atomic E-state index is 0.0590. The van der Waals surface area contributed by atoms with Gasteiger partial charge in [-0.05, 0) is 55.7 Å². The Kier molecular flexibility index (Phi) is 7.16. The zero-order valence-corrected chi connectivity index (χ0v) is 18.1. The van der Waals surface area contributed by atoms with E-state index >= 15 is 0 Å². The van der Waals surface area contributed by atoms with E-state index in [2.05, 4.69) is 29.7 Å². The van der Waals surface area contributed by atoms with Gasteiger partial charge in [-0.25, -0.2) is 0 Å². The van der Waals surface area contributed by atoms with Crippen LogP contribution in [0.5, 0.6) is 0 Å². The molecular weight excluding hydrogens is 430 g/mol. The summed E-state index contributed by atoms with van der Waals surface area (Å²) in [4.78, 5) is 13.7. The quantitative estimate of drug-likeness (QED) is 0.574. The molecule has 0 saturated carbocycles. The van der Waals surface area contributed by atoms with Crippen molar-refractivity contribution < 1.29 is 18.3 Å². The molecule has 0 saturated heterocycles. The Bertz CT molecular complexity index is 1070. The fourth-order valence-electron chi connectivity index (χ4n) is 3.86. The van der Waals surface area contributed by atoms with Crippen molar-refractivity contribution in [1.29, 1.82) is 0 Å². The molecule has 0 fully saturated rings. The fourth-order valence-corrected chi connectivity index (χ4v) is 5.16. The molecule has 0 amide bonds. The maximum Gasteiger partial charge on any atom is 0.335 e. The van der Waals surface area contributed by atoms with Gasteiger partial charge in [0.25, 0.3) is 0 Å². The SMILES string of the molecule is Cc1ccc2c(Sc3ccc(Cl)cc3)c3n(c2c1)CCCC3CC(=O)O.O=S=O. The van der Waals surface area contributed by atoms with Gasteiger partial charge < -0.3 is 9.67 Å². The number of benzene rings is 2. The van der Waals surface area contributed by atoms with Crippen LogP contribution in [0, 0.1) is 6.92 Å². The molecule has 4 rings (SSSR count). The highest BCUT2D eigenvalue weighted by Gasteiger charge is 2.29. The third kappa shape index (κ3) is 4.91. The second-order valence-electron chi connectivity index (χ2n) is 6.95. The molecule has 0 aliphatic carbocycles. The molecule has 1 aliphatic rings. The Balaban J connectivity index is 0.000000755. The molecule has 0 spiro atoms. The zero-order chi connectivity index (χ0) is 21.0. The van der Waals surface area contributed by atoms with E-state index in [0.717, 1.165) is 29.3 Å². The Morgan fingerprint density at radius 2 is 1.90 bits per heavy atom. The lowest BCUT2D eigenvalue weighted by molar-refractivity contribution is -0.137. The predicted molar refractivity (Wildman–Crippen MR) is 115 cm³/mol. The van der Waals surface area contributed by atoms with Crippen LogP contribution in [0.15, 0.2) is 52.3 Å². The molecule has 152 valence electrons. The van der Waals surface area contributed by atoms with Gasteiger partial charge in [-0.2, -0.15) is 8.42 Å². The Morgan fingerprint density at radius 3 is 2.55 bits per heavy atom. The summed E-state index contributed by atoms with van der Waals surface area (Å²) in [5, 5.41) is 11.3. The second-order valence-corrected chi connectivity index (χ2v) is 8.60. The highest BCUT2D eigenvalue weighted by Crippen LogP contribution is 2.46. The summed E-state index contributed by atoms with van der Waals surface area (Å²) in [6, 6.07) is 14.4. The molecule has 1 unspecified atom stereocenters. The summed E-state index contributed by atoms with van der Waals surface area (Å²) < 4.78 is 18.9. The van der Waals surface area contributed by atoms with Crippen molar-refractivity contribution in [2.24, 2.45) is 0 Å². The largest absolute Gasteiger partial charge is 0.481 e. The predicted octanol–water partition coefficient (Wildman–Crippen LogP) is 5.44. The molecule has 8 heteroatoms. The van der Waals surface area contributed by atoms with Crippen LogP contribution in [0.2, 0.25) is 5.02 Å². The van der Waals surface area contributed by atoms with E-state index in [0.29, 0.717) is 0 Å². The number of carboxylic acids is 1. The molecule has 0 radical (unpaired) electrons. The smallest absolute Gasteiger partial charge is 0.335 e. The average molecular weight is 450 g/mol. The third-order valence-corrected chi connectivity index (χ3v) is 6.38. The van der Waals surface area contributed by atoms with Gasteiger partial charge in [0.15, 0.2) is 0 Å². The fraction of sp³-hybridized carbons (Fsp3) is 0.286. The lowest BCUT2D eigenvalue weighted by Gasteiger charge is -2.25. The second kappa shape index (κ2) is 9.61. The normalized spacial score (nSPS) is 15.3. The molecule has 5 nitrogen and oxygen atoms in total. The summed E-state index contributed by atoms with van der Waals surface area (Å²) >= 11 is 6.98. The lowest BCUT2D eigenvalue weighted by Crippen LogP contribution is -2.18. The van der Waals surface area contributed by atoms with Crippen LogP contribution in [0.1, 0.15) is 36.4 Å². The van der Waals surface area contributed by atoms with Crippen molar-refractivity contribution in [1.82, 2.24) is 4.57 Å². The first-order chi connectivity index (χ1) is 13.9. The van der Waals surface area contributed by atoms with Crippen LogP contribution in [-0.4, -0.2) is 24.1 Å². The summed E-state index contributed by atoms with van der Waals surface area (Å²) in [5.74, 6) is -0.670. The zero-order valence-electron chi connectivity index (χ0n) is 15.8. The summed E-state index contributed by atoms with van der Waals surface area (Å²) in [6.45, 7) is 3.05. The molecule has 1 N–H and O–H groups in total. The molecule has 3 aromatic rings. The van der Waals surface area contributed by atoms with E-state index in [1.54, 1.807) is 11.8 Å². The van der Waals surface area contributed by atoms with E-state index in [1.807, 2.05) is 24.3 Å². The van der Waals surface area contributed by atoms with Crippen molar-refractivity contribution in [3.8, 4) is 0 Å². The molecule has 1 atom stereocenters. The van der Waals surface area contributed by atoms with Crippen molar-refractivity contribution in [3.05, 3.63) is 58.7 Å². The van der Waals surface area contributed by atoms with Gasteiger partial charge in [0.1, 0.15) is 0 Å². The van der Waals surface area contributed by atoms with Gasteiger partial charge >= 0.3 is 17.5 Å². The maximum atomic E-state index is 11.4. The van der Waals surface area contributed by atoms with Gasteiger partial charge in [-0.15, -0.1) is 0 Å². The minimum atomic E-state index is -0.750. The first-order valence-corrected chi connectivity index (χ1v) is 11.0. The van der Waals surface area contributed by atoms with E-state index in [1.165, 1.54) is 27.1 Å². The van der Waals surface area contributed by atoms with E-state index in [-0.39, 0.29) is 12.3 Å². The van der Waals surface area contributed by atoms with Gasteiger partial charge in [-0.3, -0.25) is 4.79 Å². The number of halogens is 1. The number of aliphatic carboxylic acids is 1. The summed E-state index contributed by atoms with van der Waals surface area (Å²) in [7, 11) is 0. The van der Waals surface area contributed by atoms with E-state index < -0.39 is 17.5 Å². The number of rotatable bonds is 4. The topological polar surface area (TPSA) is 76.4 Å². The Morgan fingerprint density at radius 1 is 1.21 bits per heavy atom. The van der Waals surface area contributed by atoms with Gasteiger partial charge in [0.2, 0.25) is 0 Å². The van der Waals surface area contributed by atoms with Crippen LogP contribution in [0.3, 0.4) is 0 Å². The van der Waals surface area contributed by atoms with E-state index in [9.17, 15) is 9.90 Å². The van der Waals surface area contributed by atoms with Gasteiger partial charge in [0.05, 0.1) is 6.42 Å². The first-order valence-electron chi connectivity index (χ1n) is 9.14. The highest BCUT2D eigenvalue weighted by atomic mass is 35.5. The molecule has 0 bridgehead atoms. The number of aryl methyl sites for hydroxylation is 2. The maximum absolute atomic E-state index is 11.4. The van der Waals surface area contributed by atoms with Crippen LogP contribution >= 0.6 is 23.4 Å². The molecule has 2 heterocycles. The van der Waals surface area contributed by atoms with Gasteiger partial charge in [0, 0.05) is 43.9 Å². The van der Waals surface area contributed by atoms with Crippen LogP contribution in [0.25, 0.3) is 10.9 Å². The molecular formula is C21H20ClNO4S2. The number of aromatic nitrogens is 1. The standard InChI is InChI=1S/C21H20ClNO2S.O2S/c1-13-4-9-17-18(11-13)23-10-2-3-14(12-19(24)25)20(23)21(17)26-16-7-5-15(22)6-8-16;1-3-2/h4-9,11,14H,2-3,10,12H2,1H3,(H,24,25);. The Hall–Kier alpha value is -2.09. The molecule has 1 aromatic heterocycles. The number of hydrogen-bond acceptors (Lipinski definition) is 4. The van der Waals surface area contributed by atoms with Crippen molar-refractivity contribution >= 4 is 51.8 Å². The van der Waals surface area contributed by atoms with Crippen LogP contribution in [-0.2, 0) is 22.9 Å². The number of fused-ring (bicyclic) bond motifs is 3. The molecule has 1 aliphatic heterocycles. The van der Waals surface area contributed by atoms with Crippen molar-refractivity contribution in [2.75, 3.05) is 0 Å². The average Bonchev–Trinajstić information content (AvgIpc) is 2.98. The van der Waals surface area contributed by atoms with Crippen LogP contribution < -0.4 is 0 Å². The summed E-state index contributed by atoms with van der Waals surface area (Å²) in [6.07, 6.45) is 2.13. The number of carboxylic acid groups (broad SMARTS) is 1. The third-order valence-electron chi connectivity index (χ3n) is 4.99. The monoisotopic (exact) mass is 449 g/mol. The number of nitrogens with zero attached hydrogens (tertiary/aromatic N) is 1. The molecule has 2 aromatic carbocycles. The first kappa shape index (κ1) is 21.6.